The number of ether oxygens (including phenoxy) is 1. The maximum absolute atomic E-state index is 13.3. The van der Waals surface area contributed by atoms with Crippen LogP contribution >= 0.6 is 0 Å². The van der Waals surface area contributed by atoms with E-state index in [1.165, 1.54) is 7.11 Å². The molecule has 2 N–H and O–H groups in total. The van der Waals surface area contributed by atoms with Gasteiger partial charge in [-0.15, -0.1) is 0 Å². The molecular formula is C21H26N2O4. The van der Waals surface area contributed by atoms with Crippen molar-refractivity contribution in [3.8, 4) is 0 Å². The second-order valence-electron chi connectivity index (χ2n) is 8.70. The van der Waals surface area contributed by atoms with Crippen molar-refractivity contribution < 1.29 is 19.7 Å². The average Bonchev–Trinajstić information content (AvgIpc) is 2.95. The smallest absolute Gasteiger partial charge is 0.319 e. The molecule has 4 fully saturated rings. The van der Waals surface area contributed by atoms with Gasteiger partial charge in [-0.25, -0.2) is 0 Å². The summed E-state index contributed by atoms with van der Waals surface area (Å²) in [6.07, 6.45) is 1.49. The van der Waals surface area contributed by atoms with Gasteiger partial charge in [0.05, 0.1) is 24.6 Å². The van der Waals surface area contributed by atoms with E-state index in [9.17, 15) is 15.0 Å². The van der Waals surface area contributed by atoms with E-state index in [1.54, 1.807) is 6.92 Å². The minimum Gasteiger partial charge on any atom is -0.468 e. The van der Waals surface area contributed by atoms with Crippen molar-refractivity contribution in [2.75, 3.05) is 20.2 Å². The first kappa shape index (κ1) is 17.3. The van der Waals surface area contributed by atoms with E-state index < -0.39 is 17.1 Å². The monoisotopic (exact) mass is 370 g/mol. The quantitative estimate of drug-likeness (QED) is 0.773. The van der Waals surface area contributed by atoms with Crippen LogP contribution in [0.2, 0.25) is 0 Å². The van der Waals surface area contributed by atoms with Crippen LogP contribution in [0.3, 0.4) is 0 Å². The standard InChI is InChI=1S/C21H26N2O4/c1-12(24)14-9-13-10-20(19(25)27-2)17(14)23(11-13)8-7-21(26)15-5-3-4-6-16(15)22-18(20)21/h3-6,12-14,17,24,26H,7-11H2,1-2H3/t12-,13+,14+,17-,20-,21+/m0/s1. The summed E-state index contributed by atoms with van der Waals surface area (Å²) in [5, 5.41) is 22.3. The van der Waals surface area contributed by atoms with Crippen LogP contribution in [0.5, 0.6) is 0 Å². The van der Waals surface area contributed by atoms with Crippen LogP contribution in [0.25, 0.3) is 0 Å². The Bertz CT molecular complexity index is 837. The number of carbonyl (C=O) groups excluding carboxylic acids is 1. The van der Waals surface area contributed by atoms with E-state index >= 15 is 0 Å². The third-order valence-corrected chi connectivity index (χ3v) is 7.34. The molecule has 1 aromatic carbocycles. The molecule has 1 saturated carbocycles. The molecule has 4 bridgehead atoms. The topological polar surface area (TPSA) is 82.4 Å². The molecule has 0 radical (unpaired) electrons. The van der Waals surface area contributed by atoms with E-state index in [-0.39, 0.29) is 23.8 Å². The van der Waals surface area contributed by atoms with Crippen molar-refractivity contribution in [2.24, 2.45) is 22.2 Å². The van der Waals surface area contributed by atoms with Crippen molar-refractivity contribution in [2.45, 2.75) is 43.9 Å². The predicted molar refractivity (Wildman–Crippen MR) is 99.8 cm³/mol. The highest BCUT2D eigenvalue weighted by Crippen LogP contribution is 2.59. The zero-order valence-electron chi connectivity index (χ0n) is 15.8. The molecule has 1 unspecified atom stereocenters. The van der Waals surface area contributed by atoms with Crippen LogP contribution in [-0.4, -0.2) is 59.1 Å². The fraction of sp³-hybridized carbons (Fsp3) is 0.619. The van der Waals surface area contributed by atoms with E-state index in [0.717, 1.165) is 24.2 Å². The van der Waals surface area contributed by atoms with Crippen LogP contribution in [0.15, 0.2) is 29.3 Å². The normalized spacial score (nSPS) is 42.6. The number of para-hydroxylation sites is 1. The molecule has 6 heteroatoms. The highest BCUT2D eigenvalue weighted by Gasteiger charge is 2.69. The lowest BCUT2D eigenvalue weighted by atomic mass is 9.54. The number of aliphatic imine (C=N–C) groups is 1. The van der Waals surface area contributed by atoms with Crippen molar-refractivity contribution in [1.82, 2.24) is 4.90 Å². The Morgan fingerprint density at radius 1 is 1.41 bits per heavy atom. The number of nitrogens with zero attached hydrogens (tertiary/aromatic N) is 2. The number of hydrogen-bond acceptors (Lipinski definition) is 6. The molecule has 6 rings (SSSR count). The van der Waals surface area contributed by atoms with Gasteiger partial charge < -0.3 is 14.9 Å². The SMILES string of the molecule is COC(=O)[C@@]12C[C@H]3C[C@H]([C@H](C)O)[C@@H]1N(CC[C@]1(O)C2=Nc2ccccc21)C3. The van der Waals surface area contributed by atoms with Crippen LogP contribution < -0.4 is 0 Å². The van der Waals surface area contributed by atoms with Gasteiger partial charge in [-0.2, -0.15) is 0 Å². The predicted octanol–water partition coefficient (Wildman–Crippen LogP) is 1.61. The molecule has 0 aromatic heterocycles. The van der Waals surface area contributed by atoms with Crippen LogP contribution in [0.4, 0.5) is 5.69 Å². The lowest BCUT2D eigenvalue weighted by Gasteiger charge is -2.58. The summed E-state index contributed by atoms with van der Waals surface area (Å²) >= 11 is 0. The van der Waals surface area contributed by atoms with Gasteiger partial charge in [0.1, 0.15) is 11.0 Å². The number of hydrogen-bond donors (Lipinski definition) is 2. The first-order chi connectivity index (χ1) is 12.9. The molecule has 5 aliphatic rings. The third kappa shape index (κ3) is 2.06. The average molecular weight is 370 g/mol. The molecule has 7 atom stereocenters. The Morgan fingerprint density at radius 2 is 2.19 bits per heavy atom. The Hall–Kier alpha value is -1.76. The van der Waals surface area contributed by atoms with Crippen LogP contribution in [0, 0.1) is 17.3 Å². The van der Waals surface area contributed by atoms with Gasteiger partial charge >= 0.3 is 5.97 Å². The Balaban J connectivity index is 1.76. The van der Waals surface area contributed by atoms with Gasteiger partial charge in [0, 0.05) is 30.6 Å². The van der Waals surface area contributed by atoms with Crippen LogP contribution in [0.1, 0.15) is 31.7 Å². The number of fused-ring (bicyclic) bond motifs is 4. The highest BCUT2D eigenvalue weighted by molar-refractivity contribution is 6.15. The van der Waals surface area contributed by atoms with Crippen molar-refractivity contribution in [1.29, 1.82) is 0 Å². The summed E-state index contributed by atoms with van der Waals surface area (Å²) < 4.78 is 5.32. The van der Waals surface area contributed by atoms with E-state index in [1.807, 2.05) is 24.3 Å². The molecule has 1 aliphatic carbocycles. The third-order valence-electron chi connectivity index (χ3n) is 7.34. The number of methoxy groups -OCH3 is 1. The number of aliphatic hydroxyl groups excluding tert-OH is 1. The molecule has 4 heterocycles. The van der Waals surface area contributed by atoms with Gasteiger partial charge in [-0.1, -0.05) is 18.2 Å². The van der Waals surface area contributed by atoms with Gasteiger partial charge in [0.2, 0.25) is 0 Å². The number of aliphatic hydroxyl groups is 2. The zero-order valence-corrected chi connectivity index (χ0v) is 15.8. The Labute approximate surface area is 158 Å². The zero-order chi connectivity index (χ0) is 19.0. The number of rotatable bonds is 2. The van der Waals surface area contributed by atoms with E-state index in [0.29, 0.717) is 25.1 Å². The fourth-order valence-electron chi connectivity index (χ4n) is 6.40. The maximum atomic E-state index is 13.3. The summed E-state index contributed by atoms with van der Waals surface area (Å²) in [4.78, 5) is 20.5. The molecule has 1 aromatic rings. The molecule has 4 aliphatic heterocycles. The number of esters is 1. The lowest BCUT2D eigenvalue weighted by molar-refractivity contribution is -0.168. The lowest BCUT2D eigenvalue weighted by Crippen LogP contribution is -2.69. The molecule has 6 nitrogen and oxygen atoms in total. The highest BCUT2D eigenvalue weighted by atomic mass is 16.5. The number of benzene rings is 1. The van der Waals surface area contributed by atoms with E-state index in [2.05, 4.69) is 4.90 Å². The van der Waals surface area contributed by atoms with E-state index in [4.69, 9.17) is 9.73 Å². The van der Waals surface area contributed by atoms with Gasteiger partial charge in [-0.3, -0.25) is 14.7 Å². The number of piperidine rings is 2. The molecule has 0 spiro atoms. The second-order valence-corrected chi connectivity index (χ2v) is 8.70. The fourth-order valence-corrected chi connectivity index (χ4v) is 6.40. The van der Waals surface area contributed by atoms with Crippen molar-refractivity contribution >= 4 is 17.4 Å². The first-order valence-electron chi connectivity index (χ1n) is 9.84. The molecule has 3 saturated heterocycles. The van der Waals surface area contributed by atoms with Crippen molar-refractivity contribution in [3.05, 3.63) is 29.8 Å². The van der Waals surface area contributed by atoms with Crippen LogP contribution in [-0.2, 0) is 15.1 Å². The largest absolute Gasteiger partial charge is 0.468 e. The summed E-state index contributed by atoms with van der Waals surface area (Å²) in [7, 11) is 1.41. The molecular weight excluding hydrogens is 344 g/mol. The summed E-state index contributed by atoms with van der Waals surface area (Å²) in [6, 6.07) is 7.41. The Morgan fingerprint density at radius 3 is 2.93 bits per heavy atom. The molecule has 144 valence electrons. The summed E-state index contributed by atoms with van der Waals surface area (Å²) in [5.74, 6) is -0.0905. The Kier molecular flexibility index (Phi) is 3.61. The maximum Gasteiger partial charge on any atom is 0.319 e. The summed E-state index contributed by atoms with van der Waals surface area (Å²) in [6.45, 7) is 3.38. The summed E-state index contributed by atoms with van der Waals surface area (Å²) in [5.41, 5.74) is -0.219. The minimum absolute atomic E-state index is 0.0367. The van der Waals surface area contributed by atoms with Gasteiger partial charge in [0.25, 0.3) is 0 Å². The van der Waals surface area contributed by atoms with Gasteiger partial charge in [0.15, 0.2) is 0 Å². The molecule has 27 heavy (non-hydrogen) atoms. The van der Waals surface area contributed by atoms with Crippen molar-refractivity contribution in [3.63, 3.8) is 0 Å². The minimum atomic E-state index is -1.26. The first-order valence-corrected chi connectivity index (χ1v) is 9.84. The second kappa shape index (κ2) is 5.63. The number of carbonyl (C=O) groups is 1. The molecule has 0 amide bonds. The van der Waals surface area contributed by atoms with Gasteiger partial charge in [-0.05, 0) is 38.2 Å².